The van der Waals surface area contributed by atoms with Crippen LogP contribution in [0.3, 0.4) is 0 Å². The molecule has 2 saturated carbocycles. The summed E-state index contributed by atoms with van der Waals surface area (Å²) in [6.07, 6.45) is 36.7. The first-order valence-corrected chi connectivity index (χ1v) is 14.9. The summed E-state index contributed by atoms with van der Waals surface area (Å²) in [6.45, 7) is 0. The van der Waals surface area contributed by atoms with Gasteiger partial charge in [0.15, 0.2) is 0 Å². The highest BCUT2D eigenvalue weighted by Crippen LogP contribution is 2.32. The first-order valence-electron chi connectivity index (χ1n) is 14.9. The van der Waals surface area contributed by atoms with E-state index in [1.807, 2.05) is 0 Å². The van der Waals surface area contributed by atoms with Crippen molar-refractivity contribution in [3.8, 4) is 0 Å². The number of Topliss-reactive ketones (excluding diaryl/α,β-unsaturated/α-hetero) is 1. The van der Waals surface area contributed by atoms with E-state index in [4.69, 9.17) is 0 Å². The molecule has 2 fully saturated rings. The van der Waals surface area contributed by atoms with E-state index in [-0.39, 0.29) is 0 Å². The van der Waals surface area contributed by atoms with Crippen molar-refractivity contribution in [1.29, 1.82) is 0 Å². The Morgan fingerprint density at radius 3 is 1.03 bits per heavy atom. The smallest absolute Gasteiger partial charge is 0.136 e. The lowest BCUT2D eigenvalue weighted by molar-refractivity contribution is -0.125. The number of ketones is 1. The van der Waals surface area contributed by atoms with Gasteiger partial charge in [0.25, 0.3) is 0 Å². The Morgan fingerprint density at radius 2 is 0.645 bits per heavy atom. The van der Waals surface area contributed by atoms with Gasteiger partial charge in [-0.1, -0.05) is 141 Å². The predicted octanol–water partition coefficient (Wildman–Crippen LogP) is 10.3. The van der Waals surface area contributed by atoms with Gasteiger partial charge in [0.05, 0.1) is 0 Å². The molecular weight excluding hydrogens is 376 g/mol. The van der Waals surface area contributed by atoms with Crippen molar-refractivity contribution in [1.82, 2.24) is 0 Å². The monoisotopic (exact) mass is 432 g/mol. The molecule has 0 spiro atoms. The minimum absolute atomic E-state index is 0.390. The van der Waals surface area contributed by atoms with Crippen LogP contribution in [0.1, 0.15) is 173 Å². The molecule has 2 rings (SSSR count). The van der Waals surface area contributed by atoms with Crippen LogP contribution >= 0.6 is 0 Å². The lowest BCUT2D eigenvalue weighted by Gasteiger charge is -2.27. The summed E-state index contributed by atoms with van der Waals surface area (Å²) >= 11 is 0. The second kappa shape index (κ2) is 19.2. The Labute approximate surface area is 195 Å². The van der Waals surface area contributed by atoms with Crippen LogP contribution in [0.15, 0.2) is 0 Å². The lowest BCUT2D eigenvalue weighted by Crippen LogP contribution is -2.24. The van der Waals surface area contributed by atoms with Gasteiger partial charge < -0.3 is 0 Å². The summed E-state index contributed by atoms with van der Waals surface area (Å²) in [7, 11) is 0. The van der Waals surface area contributed by atoms with E-state index in [0.29, 0.717) is 17.6 Å². The molecule has 0 aromatic heterocycles. The van der Waals surface area contributed by atoms with E-state index in [0.717, 1.165) is 12.8 Å². The van der Waals surface area contributed by atoms with Gasteiger partial charge in [-0.15, -0.1) is 0 Å². The van der Waals surface area contributed by atoms with E-state index >= 15 is 0 Å². The van der Waals surface area contributed by atoms with Gasteiger partial charge in [-0.3, -0.25) is 4.79 Å². The van der Waals surface area contributed by atoms with Gasteiger partial charge in [0, 0.05) is 12.3 Å². The van der Waals surface area contributed by atoms with E-state index in [1.54, 1.807) is 0 Å². The molecule has 0 aromatic rings. The molecule has 0 aromatic carbocycles. The minimum atomic E-state index is 0.390. The Hall–Kier alpha value is -0.330. The maximum Gasteiger partial charge on any atom is 0.136 e. The van der Waals surface area contributed by atoms with E-state index in [9.17, 15) is 4.79 Å². The van der Waals surface area contributed by atoms with E-state index < -0.39 is 0 Å². The van der Waals surface area contributed by atoms with Gasteiger partial charge in [0.1, 0.15) is 5.78 Å². The average molecular weight is 433 g/mol. The van der Waals surface area contributed by atoms with Crippen molar-refractivity contribution in [2.24, 2.45) is 11.8 Å². The summed E-state index contributed by atoms with van der Waals surface area (Å²) in [5.41, 5.74) is 0. The van der Waals surface area contributed by atoms with Crippen molar-refractivity contribution >= 4 is 5.78 Å². The molecule has 0 bridgehead atoms. The molecule has 0 amide bonds. The number of carbonyl (C=O) groups is 1. The van der Waals surface area contributed by atoms with Crippen LogP contribution in [0.2, 0.25) is 0 Å². The summed E-state index contributed by atoms with van der Waals surface area (Å²) in [5.74, 6) is 1.73. The standard InChI is InChI=1S/C30H56O/c31-30-27-23-19-15-11-7-3-6-10-14-18-22-26-29(30)28-24-20-16-12-8-4-1-2-5-9-13-17-21-25-28/h28-29H,1-27H2. The fraction of sp³-hybridized carbons (Fsp3) is 0.967. The molecule has 31 heavy (non-hydrogen) atoms. The number of hydrogen-bond donors (Lipinski definition) is 0. The van der Waals surface area contributed by atoms with Crippen molar-refractivity contribution in [3.63, 3.8) is 0 Å². The van der Waals surface area contributed by atoms with E-state index in [2.05, 4.69) is 0 Å². The Morgan fingerprint density at radius 1 is 0.355 bits per heavy atom. The Bertz CT molecular complexity index is 399. The largest absolute Gasteiger partial charge is 0.299 e. The van der Waals surface area contributed by atoms with Gasteiger partial charge in [0.2, 0.25) is 0 Å². The molecule has 1 nitrogen and oxygen atoms in total. The zero-order valence-electron chi connectivity index (χ0n) is 21.2. The van der Waals surface area contributed by atoms with Crippen LogP contribution in [-0.2, 0) is 4.79 Å². The van der Waals surface area contributed by atoms with Gasteiger partial charge in [-0.2, -0.15) is 0 Å². The molecule has 182 valence electrons. The Balaban J connectivity index is 1.91. The minimum Gasteiger partial charge on any atom is -0.299 e. The zero-order valence-corrected chi connectivity index (χ0v) is 21.2. The zero-order chi connectivity index (χ0) is 21.8. The highest BCUT2D eigenvalue weighted by molar-refractivity contribution is 5.81. The van der Waals surface area contributed by atoms with Crippen LogP contribution in [0.4, 0.5) is 0 Å². The van der Waals surface area contributed by atoms with E-state index in [1.165, 1.54) is 161 Å². The first-order chi connectivity index (χ1) is 15.4. The fourth-order valence-electron chi connectivity index (χ4n) is 6.23. The molecule has 1 unspecified atom stereocenters. The summed E-state index contributed by atoms with van der Waals surface area (Å²) < 4.78 is 0. The topological polar surface area (TPSA) is 17.1 Å². The maximum absolute atomic E-state index is 13.4. The highest BCUT2D eigenvalue weighted by Gasteiger charge is 2.26. The fourth-order valence-corrected chi connectivity index (χ4v) is 6.23. The van der Waals surface area contributed by atoms with Crippen molar-refractivity contribution in [3.05, 3.63) is 0 Å². The molecule has 0 aliphatic heterocycles. The molecular formula is C30H56O. The van der Waals surface area contributed by atoms with Crippen molar-refractivity contribution in [2.45, 2.75) is 173 Å². The molecule has 0 radical (unpaired) electrons. The average Bonchev–Trinajstić information content (AvgIpc) is 2.79. The molecule has 0 saturated heterocycles. The normalized spacial score (nSPS) is 27.4. The number of rotatable bonds is 1. The van der Waals surface area contributed by atoms with Crippen LogP contribution < -0.4 is 0 Å². The van der Waals surface area contributed by atoms with Crippen LogP contribution in [0.5, 0.6) is 0 Å². The highest BCUT2D eigenvalue weighted by atomic mass is 16.1. The van der Waals surface area contributed by atoms with Crippen LogP contribution in [0, 0.1) is 11.8 Å². The Kier molecular flexibility index (Phi) is 16.6. The van der Waals surface area contributed by atoms with Gasteiger partial charge in [-0.05, 0) is 31.6 Å². The van der Waals surface area contributed by atoms with Crippen molar-refractivity contribution < 1.29 is 4.79 Å². The first kappa shape index (κ1) is 26.9. The van der Waals surface area contributed by atoms with Crippen LogP contribution in [-0.4, -0.2) is 5.78 Å². The quantitative estimate of drug-likeness (QED) is 0.402. The molecule has 2 aliphatic carbocycles. The number of hydrogen-bond acceptors (Lipinski definition) is 1. The lowest BCUT2D eigenvalue weighted by atomic mass is 9.77. The molecule has 1 atom stereocenters. The summed E-state index contributed by atoms with van der Waals surface area (Å²) in [5, 5.41) is 0. The van der Waals surface area contributed by atoms with Gasteiger partial charge in [-0.25, -0.2) is 0 Å². The molecule has 0 N–H and O–H groups in total. The summed E-state index contributed by atoms with van der Waals surface area (Å²) in [4.78, 5) is 13.4. The third kappa shape index (κ3) is 13.7. The molecule has 1 heteroatoms. The predicted molar refractivity (Wildman–Crippen MR) is 137 cm³/mol. The molecule has 2 aliphatic rings. The third-order valence-electron chi connectivity index (χ3n) is 8.32. The second-order valence-corrected chi connectivity index (χ2v) is 11.1. The second-order valence-electron chi connectivity index (χ2n) is 11.1. The van der Waals surface area contributed by atoms with Crippen molar-refractivity contribution in [2.75, 3.05) is 0 Å². The maximum atomic E-state index is 13.4. The number of carbonyl (C=O) groups excluding carboxylic acids is 1. The molecule has 0 heterocycles. The summed E-state index contributed by atoms with van der Waals surface area (Å²) in [6, 6.07) is 0. The SMILES string of the molecule is O=C1CCCCCCCCCCCCCC1C1CCCCCCCCCCCCCC1. The van der Waals surface area contributed by atoms with Gasteiger partial charge >= 0.3 is 0 Å². The van der Waals surface area contributed by atoms with Crippen LogP contribution in [0.25, 0.3) is 0 Å². The third-order valence-corrected chi connectivity index (χ3v) is 8.32.